The highest BCUT2D eigenvalue weighted by atomic mass is 16.6. The van der Waals surface area contributed by atoms with Gasteiger partial charge in [0.25, 0.3) is 0 Å². The lowest BCUT2D eigenvalue weighted by molar-refractivity contribution is 0.407. The highest BCUT2D eigenvalue weighted by Gasteiger charge is 2.38. The molecule has 4 aliphatic rings. The minimum Gasteiger partial charge on any atom is -0.373 e. The second-order valence-electron chi connectivity index (χ2n) is 16.6. The van der Waals surface area contributed by atoms with Crippen LogP contribution in [0.3, 0.4) is 0 Å². The molecule has 2 aliphatic carbocycles. The monoisotopic (exact) mass is 748 g/mol. The largest absolute Gasteiger partial charge is 0.373 e. The van der Waals surface area contributed by atoms with E-state index in [1.165, 1.54) is 88.8 Å². The van der Waals surface area contributed by atoms with Gasteiger partial charge in [0.05, 0.1) is 47.8 Å². The topological polar surface area (TPSA) is 34.9 Å². The summed E-state index contributed by atoms with van der Waals surface area (Å²) in [7, 11) is 0. The van der Waals surface area contributed by atoms with E-state index < -0.39 is 0 Å². The quantitative estimate of drug-likeness (QED) is 0.145. The van der Waals surface area contributed by atoms with E-state index in [4.69, 9.17) is 9.47 Å². The Balaban J connectivity index is 0.991. The molecule has 0 radical (unpaired) electrons. The molecule has 4 atom stereocenters. The van der Waals surface area contributed by atoms with Crippen molar-refractivity contribution in [2.24, 2.45) is 0 Å². The van der Waals surface area contributed by atoms with Crippen molar-refractivity contribution in [2.45, 2.75) is 36.9 Å². The van der Waals surface area contributed by atoms with Crippen molar-refractivity contribution in [2.75, 3.05) is 13.2 Å². The summed E-state index contributed by atoms with van der Waals surface area (Å²) in [5, 5.41) is 2.61. The average Bonchev–Trinajstić information content (AvgIpc) is 4.16. The number of nitrogens with zero attached hydrogens (tertiary/aromatic N) is 2. The lowest BCUT2D eigenvalue weighted by Crippen LogP contribution is -2.01. The van der Waals surface area contributed by atoms with E-state index in [1.54, 1.807) is 0 Å². The van der Waals surface area contributed by atoms with Gasteiger partial charge in [-0.15, -0.1) is 0 Å². The Hall–Kier alpha value is -6.46. The molecule has 4 heteroatoms. The molecule has 4 nitrogen and oxygen atoms in total. The number of hydrogen-bond donors (Lipinski definition) is 0. The first kappa shape index (κ1) is 32.6. The standard InChI is InChI=1S/C54H40N2O2/c1-3-14-43-41(12-1)49(35-24-20-33(21-25-35)28-39-31-57-39)51-45-16-5-7-18-47(45)55(53(43)51)37-10-9-11-38(30-37)56-48-19-8-6-17-46(48)52-50(42-13-2-4-15-44(42)54(52)56)36-26-22-34(23-27-36)29-40-32-58-40/h1-27,30,39-40,49-50H,28-29,31-32H2. The van der Waals surface area contributed by atoms with Crippen LogP contribution in [-0.2, 0) is 22.3 Å². The Kier molecular flexibility index (Phi) is 7.04. The van der Waals surface area contributed by atoms with Crippen LogP contribution in [0, 0.1) is 0 Å². The molecule has 2 aliphatic heterocycles. The summed E-state index contributed by atoms with van der Waals surface area (Å²) in [5.41, 5.74) is 20.8. The number of fused-ring (bicyclic) bond motifs is 10. The van der Waals surface area contributed by atoms with Crippen LogP contribution in [0.1, 0.15) is 56.3 Å². The molecule has 0 spiro atoms. The lowest BCUT2D eigenvalue weighted by atomic mass is 9.88. The normalized spacial score (nSPS) is 19.6. The molecule has 7 aromatic carbocycles. The van der Waals surface area contributed by atoms with Gasteiger partial charge in [-0.1, -0.05) is 140 Å². The van der Waals surface area contributed by atoms with E-state index >= 15 is 0 Å². The molecule has 13 rings (SSSR count). The van der Waals surface area contributed by atoms with Gasteiger partial charge < -0.3 is 18.6 Å². The predicted molar refractivity (Wildman–Crippen MR) is 233 cm³/mol. The van der Waals surface area contributed by atoms with Gasteiger partial charge in [0.2, 0.25) is 0 Å². The number of para-hydroxylation sites is 2. The van der Waals surface area contributed by atoms with E-state index in [0.29, 0.717) is 12.2 Å². The number of ether oxygens (including phenoxy) is 2. The highest BCUT2D eigenvalue weighted by Crippen LogP contribution is 2.55. The molecule has 0 N–H and O–H groups in total. The van der Waals surface area contributed by atoms with E-state index in [0.717, 1.165) is 37.4 Å². The first-order valence-electron chi connectivity index (χ1n) is 20.7. The Morgan fingerprint density at radius 2 is 0.845 bits per heavy atom. The summed E-state index contributed by atoms with van der Waals surface area (Å²) in [6.07, 6.45) is 2.73. The minimum absolute atomic E-state index is 0.146. The maximum Gasteiger partial charge on any atom is 0.0850 e. The molecule has 4 unspecified atom stereocenters. The molecule has 0 saturated carbocycles. The third kappa shape index (κ3) is 4.95. The number of hydrogen-bond acceptors (Lipinski definition) is 2. The van der Waals surface area contributed by atoms with Crippen LogP contribution in [0.2, 0.25) is 0 Å². The molecule has 0 amide bonds. The number of rotatable bonds is 8. The van der Waals surface area contributed by atoms with Gasteiger partial charge in [0.15, 0.2) is 0 Å². The van der Waals surface area contributed by atoms with Crippen LogP contribution in [0.15, 0.2) is 170 Å². The van der Waals surface area contributed by atoms with Crippen LogP contribution in [0.25, 0.3) is 55.7 Å². The molecular weight excluding hydrogens is 709 g/mol. The molecule has 2 aromatic heterocycles. The summed E-state index contributed by atoms with van der Waals surface area (Å²) in [5.74, 6) is 0.293. The summed E-state index contributed by atoms with van der Waals surface area (Å²) in [4.78, 5) is 0. The summed E-state index contributed by atoms with van der Waals surface area (Å²) < 4.78 is 16.2. The molecule has 4 heterocycles. The Labute approximate surface area is 337 Å². The first-order valence-corrected chi connectivity index (χ1v) is 20.7. The molecule has 58 heavy (non-hydrogen) atoms. The van der Waals surface area contributed by atoms with Crippen molar-refractivity contribution in [3.8, 4) is 33.9 Å². The van der Waals surface area contributed by atoms with Crippen molar-refractivity contribution in [1.82, 2.24) is 9.13 Å². The fourth-order valence-electron chi connectivity index (χ4n) is 10.5. The third-order valence-corrected chi connectivity index (χ3v) is 13.2. The lowest BCUT2D eigenvalue weighted by Gasteiger charge is -2.16. The number of benzene rings is 7. The summed E-state index contributed by atoms with van der Waals surface area (Å²) in [6, 6.07) is 63.9. The second-order valence-corrected chi connectivity index (χ2v) is 16.6. The second kappa shape index (κ2) is 12.5. The van der Waals surface area contributed by atoms with Gasteiger partial charge >= 0.3 is 0 Å². The molecule has 9 aromatic rings. The van der Waals surface area contributed by atoms with E-state index in [2.05, 4.69) is 179 Å². The summed E-state index contributed by atoms with van der Waals surface area (Å²) in [6.45, 7) is 1.76. The van der Waals surface area contributed by atoms with Crippen molar-refractivity contribution >= 4 is 21.8 Å². The fraction of sp³-hybridized carbons (Fsp3) is 0.148. The Morgan fingerprint density at radius 3 is 1.29 bits per heavy atom. The van der Waals surface area contributed by atoms with Gasteiger partial charge in [0, 0.05) is 58.0 Å². The van der Waals surface area contributed by atoms with Gasteiger partial charge in [-0.05, 0) is 74.8 Å². The molecule has 2 saturated heterocycles. The fourth-order valence-corrected chi connectivity index (χ4v) is 10.5. The van der Waals surface area contributed by atoms with Crippen molar-refractivity contribution in [1.29, 1.82) is 0 Å². The van der Waals surface area contributed by atoms with E-state index in [9.17, 15) is 0 Å². The van der Waals surface area contributed by atoms with Crippen LogP contribution >= 0.6 is 0 Å². The molecular formula is C54H40N2O2. The first-order chi connectivity index (χ1) is 28.8. The minimum atomic E-state index is 0.146. The van der Waals surface area contributed by atoms with Gasteiger partial charge in [-0.3, -0.25) is 0 Å². The van der Waals surface area contributed by atoms with Crippen LogP contribution < -0.4 is 0 Å². The SMILES string of the molecule is c1cc(-n2c3c(c4ccccc42)C(c2ccc(CC4CO4)cc2)c2ccccc2-3)cc(-n2c3c(c4ccccc42)C(c2ccc(CC4CO4)cc2)c2ccccc2-3)c1. The molecule has 278 valence electrons. The predicted octanol–water partition coefficient (Wildman–Crippen LogP) is 11.8. The van der Waals surface area contributed by atoms with Gasteiger partial charge in [-0.25, -0.2) is 0 Å². The molecule has 0 bridgehead atoms. The third-order valence-electron chi connectivity index (χ3n) is 13.2. The zero-order chi connectivity index (χ0) is 37.9. The highest BCUT2D eigenvalue weighted by molar-refractivity contribution is 6.01. The number of epoxide rings is 2. The van der Waals surface area contributed by atoms with Crippen molar-refractivity contribution < 1.29 is 9.47 Å². The average molecular weight is 749 g/mol. The van der Waals surface area contributed by atoms with Crippen LogP contribution in [0.5, 0.6) is 0 Å². The van der Waals surface area contributed by atoms with E-state index in [-0.39, 0.29) is 11.8 Å². The van der Waals surface area contributed by atoms with Crippen molar-refractivity contribution in [3.63, 3.8) is 0 Å². The van der Waals surface area contributed by atoms with Gasteiger partial charge in [-0.2, -0.15) is 0 Å². The van der Waals surface area contributed by atoms with E-state index in [1.807, 2.05) is 0 Å². The Morgan fingerprint density at radius 1 is 0.431 bits per heavy atom. The van der Waals surface area contributed by atoms with Crippen LogP contribution in [0.4, 0.5) is 0 Å². The Bertz CT molecular complexity index is 2880. The number of aromatic nitrogens is 2. The maximum absolute atomic E-state index is 5.55. The van der Waals surface area contributed by atoms with Crippen LogP contribution in [-0.4, -0.2) is 34.6 Å². The maximum atomic E-state index is 5.55. The zero-order valence-electron chi connectivity index (χ0n) is 32.0. The van der Waals surface area contributed by atoms with Crippen molar-refractivity contribution in [3.05, 3.63) is 214 Å². The zero-order valence-corrected chi connectivity index (χ0v) is 32.0. The summed E-state index contributed by atoms with van der Waals surface area (Å²) >= 11 is 0. The molecule has 2 fully saturated rings. The smallest absolute Gasteiger partial charge is 0.0850 e. The van der Waals surface area contributed by atoms with Gasteiger partial charge in [0.1, 0.15) is 0 Å².